The lowest BCUT2D eigenvalue weighted by atomic mass is 9.97. The number of allylic oxidation sites excluding steroid dienone is 1. The molecule has 0 N–H and O–H groups in total. The van der Waals surface area contributed by atoms with Crippen LogP contribution in [-0.2, 0) is 6.42 Å². The van der Waals surface area contributed by atoms with Crippen LogP contribution in [0.15, 0.2) is 59.5 Å². The molecular weight excluding hydrogens is 252 g/mol. The molecular formula is C17H16OS. The SMILES string of the molecule is COc1ccc2c(c1)CCC=C2Sc1ccccc1. The molecule has 0 aromatic heterocycles. The Balaban J connectivity index is 1.91. The van der Waals surface area contributed by atoms with E-state index in [1.165, 1.54) is 20.9 Å². The van der Waals surface area contributed by atoms with E-state index in [0.29, 0.717) is 0 Å². The zero-order chi connectivity index (χ0) is 13.1. The highest BCUT2D eigenvalue weighted by molar-refractivity contribution is 8.08. The molecule has 1 aliphatic rings. The fourth-order valence-corrected chi connectivity index (χ4v) is 3.38. The summed E-state index contributed by atoms with van der Waals surface area (Å²) in [5.74, 6) is 0.949. The Kier molecular flexibility index (Phi) is 3.60. The average molecular weight is 268 g/mol. The van der Waals surface area contributed by atoms with Crippen LogP contribution in [0.3, 0.4) is 0 Å². The lowest BCUT2D eigenvalue weighted by molar-refractivity contribution is 0.414. The van der Waals surface area contributed by atoms with Crippen LogP contribution in [0.2, 0.25) is 0 Å². The van der Waals surface area contributed by atoms with E-state index in [4.69, 9.17) is 4.74 Å². The molecule has 0 saturated carbocycles. The van der Waals surface area contributed by atoms with Crippen molar-refractivity contribution in [1.82, 2.24) is 0 Å². The smallest absolute Gasteiger partial charge is 0.119 e. The largest absolute Gasteiger partial charge is 0.497 e. The molecule has 0 heterocycles. The molecule has 0 unspecified atom stereocenters. The highest BCUT2D eigenvalue weighted by atomic mass is 32.2. The third-order valence-electron chi connectivity index (χ3n) is 3.29. The summed E-state index contributed by atoms with van der Waals surface area (Å²) < 4.78 is 5.31. The van der Waals surface area contributed by atoms with Crippen LogP contribution in [0.1, 0.15) is 17.5 Å². The molecule has 3 rings (SSSR count). The Morgan fingerprint density at radius 3 is 2.68 bits per heavy atom. The first-order valence-corrected chi connectivity index (χ1v) is 7.29. The Bertz CT molecular complexity index is 602. The third-order valence-corrected chi connectivity index (χ3v) is 4.41. The number of ether oxygens (including phenoxy) is 1. The second-order valence-electron chi connectivity index (χ2n) is 4.55. The molecule has 1 nitrogen and oxygen atoms in total. The molecule has 0 aliphatic heterocycles. The van der Waals surface area contributed by atoms with Gasteiger partial charge in [0.15, 0.2) is 0 Å². The molecule has 0 atom stereocenters. The van der Waals surface area contributed by atoms with E-state index in [0.717, 1.165) is 18.6 Å². The number of methoxy groups -OCH3 is 1. The summed E-state index contributed by atoms with van der Waals surface area (Å²) in [4.78, 5) is 2.65. The van der Waals surface area contributed by atoms with Gasteiger partial charge in [-0.2, -0.15) is 0 Å². The molecule has 0 bridgehead atoms. The van der Waals surface area contributed by atoms with Crippen molar-refractivity contribution in [3.63, 3.8) is 0 Å². The van der Waals surface area contributed by atoms with Crippen LogP contribution in [0.25, 0.3) is 4.91 Å². The number of hydrogen-bond donors (Lipinski definition) is 0. The van der Waals surface area contributed by atoms with Gasteiger partial charge in [-0.05, 0) is 54.3 Å². The van der Waals surface area contributed by atoms with Gasteiger partial charge >= 0.3 is 0 Å². The summed E-state index contributed by atoms with van der Waals surface area (Å²) in [5, 5.41) is 0. The van der Waals surface area contributed by atoms with E-state index in [1.54, 1.807) is 7.11 Å². The zero-order valence-corrected chi connectivity index (χ0v) is 11.7. The van der Waals surface area contributed by atoms with Crippen molar-refractivity contribution >= 4 is 16.7 Å². The van der Waals surface area contributed by atoms with Crippen LogP contribution >= 0.6 is 11.8 Å². The molecule has 0 amide bonds. The summed E-state index contributed by atoms with van der Waals surface area (Å²) >= 11 is 1.84. The van der Waals surface area contributed by atoms with Gasteiger partial charge in [0.2, 0.25) is 0 Å². The highest BCUT2D eigenvalue weighted by Crippen LogP contribution is 2.39. The van der Waals surface area contributed by atoms with E-state index in [-0.39, 0.29) is 0 Å². The van der Waals surface area contributed by atoms with Gasteiger partial charge < -0.3 is 4.74 Å². The number of aryl methyl sites for hydroxylation is 1. The fraction of sp³-hybridized carbons (Fsp3) is 0.176. The van der Waals surface area contributed by atoms with Crippen LogP contribution < -0.4 is 4.74 Å². The standard InChI is InChI=1S/C17H16OS/c1-18-14-10-11-16-13(12-14)6-5-9-17(16)19-15-7-3-2-4-8-15/h2-4,7-12H,5-6H2,1H3. The third kappa shape index (κ3) is 2.69. The number of hydrogen-bond acceptors (Lipinski definition) is 2. The zero-order valence-electron chi connectivity index (χ0n) is 10.9. The van der Waals surface area contributed by atoms with E-state index >= 15 is 0 Å². The monoisotopic (exact) mass is 268 g/mol. The van der Waals surface area contributed by atoms with Gasteiger partial charge in [0, 0.05) is 9.80 Å². The minimum absolute atomic E-state index is 0.949. The van der Waals surface area contributed by atoms with Gasteiger partial charge in [-0.3, -0.25) is 0 Å². The van der Waals surface area contributed by atoms with E-state index in [9.17, 15) is 0 Å². The second-order valence-corrected chi connectivity index (χ2v) is 5.66. The molecule has 0 radical (unpaired) electrons. The Morgan fingerprint density at radius 1 is 1.05 bits per heavy atom. The first-order valence-electron chi connectivity index (χ1n) is 6.47. The first-order chi connectivity index (χ1) is 9.36. The Hall–Kier alpha value is -1.67. The summed E-state index contributed by atoms with van der Waals surface area (Å²) in [6.45, 7) is 0. The predicted molar refractivity (Wildman–Crippen MR) is 81.6 cm³/mol. The maximum Gasteiger partial charge on any atom is 0.119 e. The summed E-state index contributed by atoms with van der Waals surface area (Å²) in [6.07, 6.45) is 4.55. The summed E-state index contributed by atoms with van der Waals surface area (Å²) in [5.41, 5.74) is 2.74. The molecule has 2 aromatic carbocycles. The highest BCUT2D eigenvalue weighted by Gasteiger charge is 2.14. The van der Waals surface area contributed by atoms with Gasteiger partial charge in [0.05, 0.1) is 7.11 Å². The molecule has 2 heteroatoms. The van der Waals surface area contributed by atoms with Crippen LogP contribution in [-0.4, -0.2) is 7.11 Å². The summed E-state index contributed by atoms with van der Waals surface area (Å²) in [6, 6.07) is 16.9. The molecule has 96 valence electrons. The fourth-order valence-electron chi connectivity index (χ4n) is 2.33. The molecule has 0 saturated heterocycles. The number of fused-ring (bicyclic) bond motifs is 1. The second kappa shape index (κ2) is 5.54. The predicted octanol–water partition coefficient (Wildman–Crippen LogP) is 4.77. The molecule has 1 aliphatic carbocycles. The van der Waals surface area contributed by atoms with E-state index in [2.05, 4.69) is 48.5 Å². The molecule has 2 aromatic rings. The topological polar surface area (TPSA) is 9.23 Å². The number of benzene rings is 2. The Labute approximate surface area is 118 Å². The van der Waals surface area contributed by atoms with Crippen molar-refractivity contribution in [2.75, 3.05) is 7.11 Å². The maximum atomic E-state index is 5.31. The van der Waals surface area contributed by atoms with Crippen LogP contribution in [0.5, 0.6) is 5.75 Å². The van der Waals surface area contributed by atoms with Gasteiger partial charge in [-0.1, -0.05) is 36.0 Å². The van der Waals surface area contributed by atoms with E-state index < -0.39 is 0 Å². The minimum Gasteiger partial charge on any atom is -0.497 e. The van der Waals surface area contributed by atoms with Crippen molar-refractivity contribution in [3.05, 3.63) is 65.7 Å². The minimum atomic E-state index is 0.949. The van der Waals surface area contributed by atoms with Crippen molar-refractivity contribution in [2.45, 2.75) is 17.7 Å². The van der Waals surface area contributed by atoms with Crippen molar-refractivity contribution in [2.24, 2.45) is 0 Å². The van der Waals surface area contributed by atoms with Gasteiger partial charge in [0.25, 0.3) is 0 Å². The molecule has 0 spiro atoms. The lowest BCUT2D eigenvalue weighted by Crippen LogP contribution is -1.98. The van der Waals surface area contributed by atoms with Crippen molar-refractivity contribution in [3.8, 4) is 5.75 Å². The number of thioether (sulfide) groups is 1. The van der Waals surface area contributed by atoms with Crippen molar-refractivity contribution in [1.29, 1.82) is 0 Å². The Morgan fingerprint density at radius 2 is 1.89 bits per heavy atom. The summed E-state index contributed by atoms with van der Waals surface area (Å²) in [7, 11) is 1.72. The van der Waals surface area contributed by atoms with Gasteiger partial charge in [-0.15, -0.1) is 0 Å². The average Bonchev–Trinajstić information content (AvgIpc) is 2.48. The van der Waals surface area contributed by atoms with Crippen molar-refractivity contribution < 1.29 is 4.74 Å². The van der Waals surface area contributed by atoms with Gasteiger partial charge in [0.1, 0.15) is 5.75 Å². The quantitative estimate of drug-likeness (QED) is 0.792. The maximum absolute atomic E-state index is 5.31. The molecule has 0 fully saturated rings. The number of rotatable bonds is 3. The van der Waals surface area contributed by atoms with Gasteiger partial charge in [-0.25, -0.2) is 0 Å². The first kappa shape index (κ1) is 12.4. The lowest BCUT2D eigenvalue weighted by Gasteiger charge is -2.18. The van der Waals surface area contributed by atoms with Crippen LogP contribution in [0.4, 0.5) is 0 Å². The molecule has 19 heavy (non-hydrogen) atoms. The van der Waals surface area contributed by atoms with Crippen LogP contribution in [0, 0.1) is 0 Å². The normalized spacial score (nSPS) is 13.6. The van der Waals surface area contributed by atoms with E-state index in [1.807, 2.05) is 17.8 Å².